The van der Waals surface area contributed by atoms with Gasteiger partial charge in [0.2, 0.25) is 11.8 Å². The molecule has 7 nitrogen and oxygen atoms in total. The molecule has 0 aromatic carbocycles. The molecule has 7 heteroatoms. The van der Waals surface area contributed by atoms with E-state index in [9.17, 15) is 14.4 Å². The van der Waals surface area contributed by atoms with Gasteiger partial charge < -0.3 is 10.2 Å². The third kappa shape index (κ3) is 3.36. The number of nitrogens with one attached hydrogen (secondary N) is 2. The number of rotatable bonds is 4. The van der Waals surface area contributed by atoms with Crippen molar-refractivity contribution in [3.8, 4) is 0 Å². The molecule has 1 fully saturated rings. The predicted octanol–water partition coefficient (Wildman–Crippen LogP) is 0.391. The zero-order valence-corrected chi connectivity index (χ0v) is 12.0. The summed E-state index contributed by atoms with van der Waals surface area (Å²) in [5.41, 5.74) is 1.00. The Labute approximate surface area is 122 Å². The van der Waals surface area contributed by atoms with Gasteiger partial charge in [0.25, 0.3) is 5.91 Å². The van der Waals surface area contributed by atoms with Crippen LogP contribution < -0.4 is 10.6 Å². The molecule has 0 spiro atoms. The quantitative estimate of drug-likeness (QED) is 0.783. The van der Waals surface area contributed by atoms with Gasteiger partial charge in [-0.25, -0.2) is 0 Å². The van der Waals surface area contributed by atoms with Gasteiger partial charge in [-0.1, -0.05) is 6.92 Å². The molecule has 1 aromatic heterocycles. The average molecular weight is 290 g/mol. The maximum Gasteiger partial charge on any atom is 0.273 e. The number of hydrogen-bond acceptors (Lipinski definition) is 5. The summed E-state index contributed by atoms with van der Waals surface area (Å²) < 4.78 is 0. The number of nitrogens with zero attached hydrogens (tertiary/aromatic N) is 2. The highest BCUT2D eigenvalue weighted by Gasteiger charge is 2.34. The van der Waals surface area contributed by atoms with Gasteiger partial charge in [0.1, 0.15) is 18.3 Å². The molecule has 2 heterocycles. The van der Waals surface area contributed by atoms with Gasteiger partial charge in [0.15, 0.2) is 0 Å². The van der Waals surface area contributed by atoms with E-state index in [1.165, 1.54) is 11.1 Å². The number of carbonyl (C=O) groups excluding carboxylic acids is 3. The van der Waals surface area contributed by atoms with Gasteiger partial charge in [-0.15, -0.1) is 0 Å². The highest BCUT2D eigenvalue weighted by molar-refractivity contribution is 6.06. The first-order valence-electron chi connectivity index (χ1n) is 6.87. The second-order valence-corrected chi connectivity index (χ2v) is 4.88. The van der Waals surface area contributed by atoms with Crippen molar-refractivity contribution in [1.82, 2.24) is 15.2 Å². The summed E-state index contributed by atoms with van der Waals surface area (Å²) >= 11 is 0. The first-order valence-corrected chi connectivity index (χ1v) is 6.87. The molecule has 2 rings (SSSR count). The van der Waals surface area contributed by atoms with Crippen LogP contribution in [0.2, 0.25) is 0 Å². The standard InChI is InChI=1S/C14H18N4O3/c1-3-5-15-10-4-6-16-11(7-10)14(21)18-8-12(19)17-13(20)9(18)2/h4,6-7,9H,3,5,8H2,1-2H3,(H,15,16)(H,17,19,20). The highest BCUT2D eigenvalue weighted by atomic mass is 16.2. The molecule has 1 unspecified atom stereocenters. The van der Waals surface area contributed by atoms with E-state index in [1.807, 2.05) is 6.92 Å². The molecule has 1 atom stereocenters. The monoisotopic (exact) mass is 290 g/mol. The fourth-order valence-electron chi connectivity index (χ4n) is 2.04. The maximum absolute atomic E-state index is 12.4. The van der Waals surface area contributed by atoms with Crippen LogP contribution in [0.25, 0.3) is 0 Å². The number of aromatic nitrogens is 1. The largest absolute Gasteiger partial charge is 0.385 e. The van der Waals surface area contributed by atoms with Crippen LogP contribution in [0, 0.1) is 0 Å². The lowest BCUT2D eigenvalue weighted by atomic mass is 10.1. The van der Waals surface area contributed by atoms with E-state index in [1.54, 1.807) is 19.1 Å². The van der Waals surface area contributed by atoms with Crippen LogP contribution in [-0.4, -0.2) is 46.7 Å². The Kier molecular flexibility index (Phi) is 4.52. The molecule has 0 saturated carbocycles. The number of imide groups is 1. The van der Waals surface area contributed by atoms with Crippen LogP contribution >= 0.6 is 0 Å². The molecule has 21 heavy (non-hydrogen) atoms. The van der Waals surface area contributed by atoms with E-state index in [4.69, 9.17) is 0 Å². The summed E-state index contributed by atoms with van der Waals surface area (Å²) in [6, 6.07) is 2.70. The Morgan fingerprint density at radius 3 is 3.00 bits per heavy atom. The molecule has 112 valence electrons. The van der Waals surface area contributed by atoms with E-state index in [-0.39, 0.29) is 12.2 Å². The first-order chi connectivity index (χ1) is 10.0. The molecular weight excluding hydrogens is 272 g/mol. The third-order valence-electron chi connectivity index (χ3n) is 3.24. The van der Waals surface area contributed by atoms with Crippen LogP contribution in [0.4, 0.5) is 5.69 Å². The summed E-state index contributed by atoms with van der Waals surface area (Å²) in [4.78, 5) is 40.7. The second-order valence-electron chi connectivity index (χ2n) is 4.88. The molecule has 1 aliphatic rings. The zero-order chi connectivity index (χ0) is 15.4. The van der Waals surface area contributed by atoms with Crippen molar-refractivity contribution in [1.29, 1.82) is 0 Å². The lowest BCUT2D eigenvalue weighted by molar-refractivity contribution is -0.138. The van der Waals surface area contributed by atoms with E-state index < -0.39 is 23.8 Å². The summed E-state index contributed by atoms with van der Waals surface area (Å²) in [6.07, 6.45) is 2.49. The smallest absolute Gasteiger partial charge is 0.273 e. The van der Waals surface area contributed by atoms with E-state index in [2.05, 4.69) is 15.6 Å². The molecule has 1 aliphatic heterocycles. The van der Waals surface area contributed by atoms with Crippen molar-refractivity contribution in [3.63, 3.8) is 0 Å². The van der Waals surface area contributed by atoms with Crippen molar-refractivity contribution < 1.29 is 14.4 Å². The van der Waals surface area contributed by atoms with Crippen LogP contribution in [0.3, 0.4) is 0 Å². The summed E-state index contributed by atoms with van der Waals surface area (Å²) in [7, 11) is 0. The van der Waals surface area contributed by atoms with Crippen molar-refractivity contribution in [2.45, 2.75) is 26.3 Å². The lowest BCUT2D eigenvalue weighted by Crippen LogP contribution is -2.58. The second kappa shape index (κ2) is 6.34. The number of amides is 3. The Hall–Kier alpha value is -2.44. The average Bonchev–Trinajstić information content (AvgIpc) is 2.48. The molecule has 0 aliphatic carbocycles. The molecule has 1 saturated heterocycles. The normalized spacial score (nSPS) is 18.4. The van der Waals surface area contributed by atoms with E-state index in [0.29, 0.717) is 0 Å². The minimum absolute atomic E-state index is 0.139. The Morgan fingerprint density at radius 1 is 1.52 bits per heavy atom. The van der Waals surface area contributed by atoms with Gasteiger partial charge in [-0.3, -0.25) is 24.7 Å². The molecular formula is C14H18N4O3. The molecule has 3 amide bonds. The van der Waals surface area contributed by atoms with Crippen molar-refractivity contribution in [2.24, 2.45) is 0 Å². The van der Waals surface area contributed by atoms with Gasteiger partial charge in [0, 0.05) is 18.4 Å². The predicted molar refractivity (Wildman–Crippen MR) is 76.7 cm³/mol. The van der Waals surface area contributed by atoms with Gasteiger partial charge in [0.05, 0.1) is 0 Å². The van der Waals surface area contributed by atoms with Gasteiger partial charge >= 0.3 is 0 Å². The van der Waals surface area contributed by atoms with Gasteiger partial charge in [-0.05, 0) is 25.5 Å². The Bertz CT molecular complexity index is 573. The zero-order valence-electron chi connectivity index (χ0n) is 12.0. The van der Waals surface area contributed by atoms with Crippen LogP contribution in [-0.2, 0) is 9.59 Å². The minimum Gasteiger partial charge on any atom is -0.385 e. The first kappa shape index (κ1) is 15.0. The molecule has 0 bridgehead atoms. The highest BCUT2D eigenvalue weighted by Crippen LogP contribution is 2.13. The summed E-state index contributed by atoms with van der Waals surface area (Å²) in [5, 5.41) is 5.36. The van der Waals surface area contributed by atoms with Crippen molar-refractivity contribution in [3.05, 3.63) is 24.0 Å². The van der Waals surface area contributed by atoms with Crippen molar-refractivity contribution in [2.75, 3.05) is 18.4 Å². The van der Waals surface area contributed by atoms with E-state index in [0.717, 1.165) is 18.7 Å². The Balaban J connectivity index is 2.18. The van der Waals surface area contributed by atoms with Crippen LogP contribution in [0.1, 0.15) is 30.8 Å². The minimum atomic E-state index is -0.691. The molecule has 1 aromatic rings. The summed E-state index contributed by atoms with van der Waals surface area (Å²) in [6.45, 7) is 4.28. The third-order valence-corrected chi connectivity index (χ3v) is 3.24. The fourth-order valence-corrected chi connectivity index (χ4v) is 2.04. The van der Waals surface area contributed by atoms with Gasteiger partial charge in [-0.2, -0.15) is 0 Å². The number of hydrogen-bond donors (Lipinski definition) is 2. The fraction of sp³-hybridized carbons (Fsp3) is 0.429. The number of carbonyl (C=O) groups is 3. The lowest BCUT2D eigenvalue weighted by Gasteiger charge is -2.31. The Morgan fingerprint density at radius 2 is 2.29 bits per heavy atom. The van der Waals surface area contributed by atoms with Crippen LogP contribution in [0.5, 0.6) is 0 Å². The molecule has 0 radical (unpaired) electrons. The maximum atomic E-state index is 12.4. The molecule has 2 N–H and O–H groups in total. The topological polar surface area (TPSA) is 91.4 Å². The van der Waals surface area contributed by atoms with E-state index >= 15 is 0 Å². The van der Waals surface area contributed by atoms with Crippen molar-refractivity contribution >= 4 is 23.4 Å². The number of pyridine rings is 1. The number of anilines is 1. The summed E-state index contributed by atoms with van der Waals surface area (Å²) in [5.74, 6) is -1.38. The number of piperazine rings is 1. The SMILES string of the molecule is CCCNc1ccnc(C(=O)N2CC(=O)NC(=O)C2C)c1. The van der Waals surface area contributed by atoms with Crippen LogP contribution in [0.15, 0.2) is 18.3 Å².